The molecule has 7 heteroatoms. The summed E-state index contributed by atoms with van der Waals surface area (Å²) in [4.78, 5) is 35.1. The highest BCUT2D eigenvalue weighted by atomic mass is 16.5. The molecule has 0 spiro atoms. The number of ether oxygens (including phenoxy) is 2. The van der Waals surface area contributed by atoms with Gasteiger partial charge in [0.25, 0.3) is 5.91 Å². The fourth-order valence-corrected chi connectivity index (χ4v) is 1.98. The number of nitrogens with one attached hydrogen (secondary N) is 1. The number of hydrogen-bond donors (Lipinski definition) is 2. The van der Waals surface area contributed by atoms with Gasteiger partial charge in [-0.2, -0.15) is 0 Å². The van der Waals surface area contributed by atoms with Crippen LogP contribution in [0.2, 0.25) is 0 Å². The summed E-state index contributed by atoms with van der Waals surface area (Å²) in [6.45, 7) is 0. The van der Waals surface area contributed by atoms with Gasteiger partial charge in [-0.1, -0.05) is 6.07 Å². The molecule has 0 aliphatic rings. The fraction of sp³-hybridized carbons (Fsp3) is 0.118. The minimum Gasteiger partial charge on any atom is -0.506 e. The van der Waals surface area contributed by atoms with E-state index in [1.807, 2.05) is 0 Å². The van der Waals surface area contributed by atoms with E-state index in [4.69, 9.17) is 0 Å². The normalized spacial score (nSPS) is 9.92. The minimum atomic E-state index is -0.603. The van der Waals surface area contributed by atoms with Crippen LogP contribution in [0.5, 0.6) is 5.75 Å². The molecule has 2 rings (SSSR count). The summed E-state index contributed by atoms with van der Waals surface area (Å²) in [5.41, 5.74) is 0.724. The Kier molecular flexibility index (Phi) is 5.16. The zero-order chi connectivity index (χ0) is 17.7. The predicted octanol–water partition coefficient (Wildman–Crippen LogP) is 2.22. The first-order valence-electron chi connectivity index (χ1n) is 6.87. The molecule has 24 heavy (non-hydrogen) atoms. The van der Waals surface area contributed by atoms with Gasteiger partial charge in [-0.3, -0.25) is 4.79 Å². The van der Waals surface area contributed by atoms with Gasteiger partial charge < -0.3 is 19.9 Å². The number of anilines is 1. The molecule has 2 aromatic carbocycles. The highest BCUT2D eigenvalue weighted by Crippen LogP contribution is 2.25. The number of methoxy groups -OCH3 is 2. The highest BCUT2D eigenvalue weighted by molar-refractivity contribution is 6.06. The van der Waals surface area contributed by atoms with Gasteiger partial charge in [0.2, 0.25) is 0 Å². The molecule has 0 aliphatic heterocycles. The zero-order valence-corrected chi connectivity index (χ0v) is 13.0. The molecule has 0 saturated carbocycles. The standard InChI is InChI=1S/C17H15NO6/c1-23-16(21)11-5-3-4-10(8-11)15(20)18-13-7-6-12(9-14(13)19)17(22)24-2/h3-9,19H,1-2H3,(H,18,20). The molecule has 0 aliphatic carbocycles. The highest BCUT2D eigenvalue weighted by Gasteiger charge is 2.14. The summed E-state index contributed by atoms with van der Waals surface area (Å²) in [7, 11) is 2.47. The molecule has 124 valence electrons. The molecule has 0 fully saturated rings. The van der Waals surface area contributed by atoms with E-state index >= 15 is 0 Å². The molecule has 2 N–H and O–H groups in total. The Hall–Kier alpha value is -3.35. The first-order chi connectivity index (χ1) is 11.5. The van der Waals surface area contributed by atoms with Crippen molar-refractivity contribution in [3.63, 3.8) is 0 Å². The lowest BCUT2D eigenvalue weighted by molar-refractivity contribution is 0.0591. The van der Waals surface area contributed by atoms with Crippen LogP contribution < -0.4 is 5.32 Å². The number of carbonyl (C=O) groups excluding carboxylic acids is 3. The van der Waals surface area contributed by atoms with Gasteiger partial charge in [0.15, 0.2) is 0 Å². The number of hydrogen-bond acceptors (Lipinski definition) is 6. The van der Waals surface area contributed by atoms with Gasteiger partial charge in [0.05, 0.1) is 31.0 Å². The van der Waals surface area contributed by atoms with Gasteiger partial charge >= 0.3 is 11.9 Å². The van der Waals surface area contributed by atoms with E-state index < -0.39 is 17.8 Å². The molecular weight excluding hydrogens is 314 g/mol. The van der Waals surface area contributed by atoms with Crippen LogP contribution in [0.15, 0.2) is 42.5 Å². The lowest BCUT2D eigenvalue weighted by atomic mass is 10.1. The number of benzene rings is 2. The predicted molar refractivity (Wildman–Crippen MR) is 85.2 cm³/mol. The summed E-state index contributed by atoms with van der Waals surface area (Å²) in [5, 5.41) is 12.4. The van der Waals surface area contributed by atoms with E-state index in [1.54, 1.807) is 6.07 Å². The van der Waals surface area contributed by atoms with E-state index in [1.165, 1.54) is 50.6 Å². The Morgan fingerprint density at radius 1 is 0.875 bits per heavy atom. The van der Waals surface area contributed by atoms with Crippen molar-refractivity contribution < 1.29 is 29.0 Å². The third kappa shape index (κ3) is 3.70. The number of aromatic hydroxyl groups is 1. The van der Waals surface area contributed by atoms with Gasteiger partial charge in [0, 0.05) is 5.56 Å². The van der Waals surface area contributed by atoms with Crippen molar-refractivity contribution in [2.24, 2.45) is 0 Å². The van der Waals surface area contributed by atoms with Crippen molar-refractivity contribution in [1.82, 2.24) is 0 Å². The fourth-order valence-electron chi connectivity index (χ4n) is 1.98. The van der Waals surface area contributed by atoms with Crippen LogP contribution in [0.25, 0.3) is 0 Å². The van der Waals surface area contributed by atoms with Crippen LogP contribution in [0.1, 0.15) is 31.1 Å². The number of phenols is 1. The van der Waals surface area contributed by atoms with E-state index in [2.05, 4.69) is 14.8 Å². The number of phenolic OH excluding ortho intramolecular Hbond substituents is 1. The van der Waals surface area contributed by atoms with E-state index in [-0.39, 0.29) is 28.1 Å². The van der Waals surface area contributed by atoms with Crippen LogP contribution in [0.4, 0.5) is 5.69 Å². The molecule has 0 atom stereocenters. The molecule has 0 bridgehead atoms. The number of carbonyl (C=O) groups is 3. The molecule has 7 nitrogen and oxygen atoms in total. The van der Waals surface area contributed by atoms with E-state index in [9.17, 15) is 19.5 Å². The summed E-state index contributed by atoms with van der Waals surface area (Å²) in [6.07, 6.45) is 0. The van der Waals surface area contributed by atoms with Gasteiger partial charge in [-0.25, -0.2) is 9.59 Å². The summed E-state index contributed by atoms with van der Waals surface area (Å²) in [6, 6.07) is 9.93. The molecule has 0 aromatic heterocycles. The Morgan fingerprint density at radius 2 is 1.46 bits per heavy atom. The first kappa shape index (κ1) is 17.0. The van der Waals surface area contributed by atoms with Crippen LogP contribution in [-0.2, 0) is 9.47 Å². The Labute approximate surface area is 137 Å². The van der Waals surface area contributed by atoms with Crippen molar-refractivity contribution in [2.45, 2.75) is 0 Å². The number of rotatable bonds is 4. The second kappa shape index (κ2) is 7.28. The molecular formula is C17H15NO6. The molecule has 0 heterocycles. The smallest absolute Gasteiger partial charge is 0.337 e. The molecule has 2 aromatic rings. The molecule has 0 radical (unpaired) electrons. The first-order valence-corrected chi connectivity index (χ1v) is 6.87. The minimum absolute atomic E-state index is 0.121. The number of amides is 1. The molecule has 0 saturated heterocycles. The Balaban J connectivity index is 2.21. The van der Waals surface area contributed by atoms with Gasteiger partial charge in [0.1, 0.15) is 5.75 Å². The summed E-state index contributed by atoms with van der Waals surface area (Å²) >= 11 is 0. The Morgan fingerprint density at radius 3 is 2.04 bits per heavy atom. The maximum absolute atomic E-state index is 12.2. The topological polar surface area (TPSA) is 102 Å². The van der Waals surface area contributed by atoms with Crippen LogP contribution in [0.3, 0.4) is 0 Å². The van der Waals surface area contributed by atoms with Crippen molar-refractivity contribution in [1.29, 1.82) is 0 Å². The van der Waals surface area contributed by atoms with Gasteiger partial charge in [-0.15, -0.1) is 0 Å². The SMILES string of the molecule is COC(=O)c1cccc(C(=O)Nc2ccc(C(=O)OC)cc2O)c1. The van der Waals surface area contributed by atoms with Crippen molar-refractivity contribution >= 4 is 23.5 Å². The number of esters is 2. The largest absolute Gasteiger partial charge is 0.506 e. The lowest BCUT2D eigenvalue weighted by Crippen LogP contribution is -2.13. The third-order valence-electron chi connectivity index (χ3n) is 3.21. The molecule has 0 unspecified atom stereocenters. The second-order valence-electron chi connectivity index (χ2n) is 4.75. The second-order valence-corrected chi connectivity index (χ2v) is 4.75. The Bertz CT molecular complexity index is 799. The van der Waals surface area contributed by atoms with Crippen LogP contribution in [0, 0.1) is 0 Å². The third-order valence-corrected chi connectivity index (χ3v) is 3.21. The summed E-state index contributed by atoms with van der Waals surface area (Å²) < 4.78 is 9.15. The monoisotopic (exact) mass is 329 g/mol. The lowest BCUT2D eigenvalue weighted by Gasteiger charge is -2.09. The van der Waals surface area contributed by atoms with Crippen molar-refractivity contribution in [3.05, 3.63) is 59.2 Å². The van der Waals surface area contributed by atoms with Crippen molar-refractivity contribution in [2.75, 3.05) is 19.5 Å². The van der Waals surface area contributed by atoms with Crippen LogP contribution in [-0.4, -0.2) is 37.2 Å². The van der Waals surface area contributed by atoms with Crippen molar-refractivity contribution in [3.8, 4) is 5.75 Å². The maximum atomic E-state index is 12.2. The maximum Gasteiger partial charge on any atom is 0.337 e. The van der Waals surface area contributed by atoms with E-state index in [0.717, 1.165) is 0 Å². The summed E-state index contributed by atoms with van der Waals surface area (Å²) in [5.74, 6) is -1.97. The van der Waals surface area contributed by atoms with Crippen LogP contribution >= 0.6 is 0 Å². The van der Waals surface area contributed by atoms with Gasteiger partial charge in [-0.05, 0) is 36.4 Å². The molecule has 1 amide bonds. The average Bonchev–Trinajstić information content (AvgIpc) is 2.61. The quantitative estimate of drug-likeness (QED) is 0.659. The zero-order valence-electron chi connectivity index (χ0n) is 13.0. The average molecular weight is 329 g/mol. The van der Waals surface area contributed by atoms with E-state index in [0.29, 0.717) is 0 Å².